The Balaban J connectivity index is 2.26. The zero-order valence-corrected chi connectivity index (χ0v) is 12.8. The number of nitrogens with one attached hydrogen (secondary N) is 1. The van der Waals surface area contributed by atoms with E-state index in [1.54, 1.807) is 12.1 Å². The first-order valence-electron chi connectivity index (χ1n) is 5.71. The minimum atomic E-state index is -1.25. The number of phenols is 1. The Hall–Kier alpha value is -2.05. The zero-order chi connectivity index (χ0) is 15.6. The largest absolute Gasteiger partial charge is 0.507 e. The lowest BCUT2D eigenvalue weighted by Gasteiger charge is -2.08. The summed E-state index contributed by atoms with van der Waals surface area (Å²) >= 11 is 9.08. The zero-order valence-electron chi connectivity index (χ0n) is 10.4. The molecule has 3 N–H and O–H groups in total. The Bertz CT molecular complexity index is 733. The van der Waals surface area contributed by atoms with Crippen molar-refractivity contribution in [3.63, 3.8) is 0 Å². The SMILES string of the molecule is O=C(O)c1ccc(NC(=O)c2cc(Cl)ccc2Br)cc1O. The molecule has 0 saturated carbocycles. The number of carboxylic acids is 1. The normalized spacial score (nSPS) is 10.2. The topological polar surface area (TPSA) is 86.6 Å². The summed E-state index contributed by atoms with van der Waals surface area (Å²) in [6.07, 6.45) is 0. The summed E-state index contributed by atoms with van der Waals surface area (Å²) in [5.41, 5.74) is 0.357. The molecule has 0 saturated heterocycles. The van der Waals surface area contributed by atoms with Crippen LogP contribution in [0.2, 0.25) is 5.02 Å². The third-order valence-electron chi connectivity index (χ3n) is 2.66. The van der Waals surface area contributed by atoms with Gasteiger partial charge in [-0.25, -0.2) is 4.79 Å². The number of anilines is 1. The molecule has 0 heterocycles. The Labute approximate surface area is 133 Å². The quantitative estimate of drug-likeness (QED) is 0.768. The van der Waals surface area contributed by atoms with Gasteiger partial charge in [-0.2, -0.15) is 0 Å². The smallest absolute Gasteiger partial charge is 0.339 e. The number of aromatic carboxylic acids is 1. The summed E-state index contributed by atoms with van der Waals surface area (Å²) < 4.78 is 0.566. The number of carbonyl (C=O) groups is 2. The molecule has 0 unspecified atom stereocenters. The second-order valence-electron chi connectivity index (χ2n) is 4.12. The van der Waals surface area contributed by atoms with Gasteiger partial charge in [0.15, 0.2) is 0 Å². The fourth-order valence-electron chi connectivity index (χ4n) is 1.66. The van der Waals surface area contributed by atoms with Crippen LogP contribution in [0.25, 0.3) is 0 Å². The maximum absolute atomic E-state index is 12.1. The third kappa shape index (κ3) is 3.53. The van der Waals surface area contributed by atoms with Crippen LogP contribution in [0.15, 0.2) is 40.9 Å². The molecule has 0 bridgehead atoms. The van der Waals surface area contributed by atoms with Crippen LogP contribution in [-0.4, -0.2) is 22.1 Å². The molecule has 0 aromatic heterocycles. The van der Waals surface area contributed by atoms with Gasteiger partial charge in [0.2, 0.25) is 0 Å². The van der Waals surface area contributed by atoms with Crippen molar-refractivity contribution in [2.75, 3.05) is 5.32 Å². The molecule has 0 aliphatic carbocycles. The summed E-state index contributed by atoms with van der Waals surface area (Å²) in [6.45, 7) is 0. The molecule has 1 amide bonds. The Morgan fingerprint density at radius 3 is 2.43 bits per heavy atom. The average molecular weight is 371 g/mol. The van der Waals surface area contributed by atoms with Gasteiger partial charge in [-0.05, 0) is 46.3 Å². The molecule has 2 aromatic carbocycles. The summed E-state index contributed by atoms with van der Waals surface area (Å²) in [5.74, 6) is -2.11. The van der Waals surface area contributed by atoms with Gasteiger partial charge in [0.05, 0.1) is 5.56 Å². The van der Waals surface area contributed by atoms with E-state index < -0.39 is 17.6 Å². The van der Waals surface area contributed by atoms with E-state index in [1.165, 1.54) is 24.3 Å². The van der Waals surface area contributed by atoms with Crippen LogP contribution in [0.3, 0.4) is 0 Å². The van der Waals surface area contributed by atoms with Crippen molar-refractivity contribution in [1.82, 2.24) is 0 Å². The molecule has 0 fully saturated rings. The molecule has 0 aliphatic rings. The second kappa shape index (κ2) is 6.15. The number of amides is 1. The summed E-state index contributed by atoms with van der Waals surface area (Å²) in [4.78, 5) is 22.9. The highest BCUT2D eigenvalue weighted by Crippen LogP contribution is 2.25. The van der Waals surface area contributed by atoms with E-state index in [-0.39, 0.29) is 11.3 Å². The van der Waals surface area contributed by atoms with Crippen molar-refractivity contribution in [2.24, 2.45) is 0 Å². The summed E-state index contributed by atoms with van der Waals surface area (Å²) in [6, 6.07) is 8.53. The van der Waals surface area contributed by atoms with Gasteiger partial charge in [-0.1, -0.05) is 11.6 Å². The molecule has 2 aromatic rings. The van der Waals surface area contributed by atoms with Gasteiger partial charge in [0.25, 0.3) is 5.91 Å². The Morgan fingerprint density at radius 1 is 1.10 bits per heavy atom. The van der Waals surface area contributed by atoms with Gasteiger partial charge in [-0.15, -0.1) is 0 Å². The molecule has 0 radical (unpaired) electrons. The number of rotatable bonds is 3. The van der Waals surface area contributed by atoms with Crippen LogP contribution in [0, 0.1) is 0 Å². The van der Waals surface area contributed by atoms with Gasteiger partial charge < -0.3 is 15.5 Å². The van der Waals surface area contributed by atoms with Crippen molar-refractivity contribution < 1.29 is 19.8 Å². The molecule has 0 atom stereocenters. The molecular weight excluding hydrogens is 362 g/mol. The Morgan fingerprint density at radius 2 is 1.81 bits per heavy atom. The van der Waals surface area contributed by atoms with E-state index in [0.29, 0.717) is 15.1 Å². The van der Waals surface area contributed by atoms with E-state index in [0.717, 1.165) is 0 Å². The van der Waals surface area contributed by atoms with Crippen molar-refractivity contribution in [1.29, 1.82) is 0 Å². The second-order valence-corrected chi connectivity index (χ2v) is 5.41. The van der Waals surface area contributed by atoms with Crippen LogP contribution in [0.5, 0.6) is 5.75 Å². The molecular formula is C14H9BrClNO4. The fourth-order valence-corrected chi connectivity index (χ4v) is 2.26. The minimum absolute atomic E-state index is 0.239. The average Bonchev–Trinajstić information content (AvgIpc) is 2.41. The van der Waals surface area contributed by atoms with Gasteiger partial charge in [-0.3, -0.25) is 4.79 Å². The van der Waals surface area contributed by atoms with Crippen LogP contribution < -0.4 is 5.32 Å². The molecule has 2 rings (SSSR count). The fraction of sp³-hybridized carbons (Fsp3) is 0. The third-order valence-corrected chi connectivity index (χ3v) is 3.59. The first-order chi connectivity index (χ1) is 9.88. The van der Waals surface area contributed by atoms with E-state index in [1.807, 2.05) is 0 Å². The lowest BCUT2D eigenvalue weighted by Crippen LogP contribution is -2.12. The van der Waals surface area contributed by atoms with E-state index in [9.17, 15) is 14.7 Å². The van der Waals surface area contributed by atoms with E-state index >= 15 is 0 Å². The molecule has 5 nitrogen and oxygen atoms in total. The molecule has 108 valence electrons. The number of hydrogen-bond acceptors (Lipinski definition) is 3. The van der Waals surface area contributed by atoms with Crippen LogP contribution in [0.4, 0.5) is 5.69 Å². The first kappa shape index (κ1) is 15.3. The monoisotopic (exact) mass is 369 g/mol. The number of carbonyl (C=O) groups excluding carboxylic acids is 1. The number of benzene rings is 2. The van der Waals surface area contributed by atoms with Crippen molar-refractivity contribution in [3.8, 4) is 5.75 Å². The predicted molar refractivity (Wildman–Crippen MR) is 82.2 cm³/mol. The first-order valence-corrected chi connectivity index (χ1v) is 6.88. The highest BCUT2D eigenvalue weighted by atomic mass is 79.9. The van der Waals surface area contributed by atoms with Gasteiger partial charge >= 0.3 is 5.97 Å². The van der Waals surface area contributed by atoms with Crippen LogP contribution >= 0.6 is 27.5 Å². The van der Waals surface area contributed by atoms with E-state index in [2.05, 4.69) is 21.2 Å². The highest BCUT2D eigenvalue weighted by molar-refractivity contribution is 9.10. The molecule has 0 spiro atoms. The summed E-state index contributed by atoms with van der Waals surface area (Å²) in [7, 11) is 0. The van der Waals surface area contributed by atoms with Crippen molar-refractivity contribution in [2.45, 2.75) is 0 Å². The maximum atomic E-state index is 12.1. The van der Waals surface area contributed by atoms with E-state index in [4.69, 9.17) is 16.7 Å². The number of halogens is 2. The van der Waals surface area contributed by atoms with Crippen LogP contribution in [-0.2, 0) is 0 Å². The van der Waals surface area contributed by atoms with Crippen molar-refractivity contribution >= 4 is 45.1 Å². The standard InChI is InChI=1S/C14H9BrClNO4/c15-11-4-1-7(16)5-10(11)13(19)17-8-2-3-9(14(20)21)12(18)6-8/h1-6,18H,(H,17,19)(H,20,21). The number of hydrogen-bond donors (Lipinski definition) is 3. The number of aromatic hydroxyl groups is 1. The van der Waals surface area contributed by atoms with Crippen molar-refractivity contribution in [3.05, 3.63) is 57.0 Å². The van der Waals surface area contributed by atoms with Gasteiger partial charge in [0.1, 0.15) is 11.3 Å². The number of carboxylic acid groups (broad SMARTS) is 1. The molecule has 0 aliphatic heterocycles. The predicted octanol–water partition coefficient (Wildman–Crippen LogP) is 3.76. The Kier molecular flexibility index (Phi) is 4.50. The van der Waals surface area contributed by atoms with Gasteiger partial charge in [0, 0.05) is 21.2 Å². The lowest BCUT2D eigenvalue weighted by molar-refractivity contribution is 0.0693. The lowest BCUT2D eigenvalue weighted by atomic mass is 10.1. The molecule has 21 heavy (non-hydrogen) atoms. The van der Waals surface area contributed by atoms with Crippen LogP contribution in [0.1, 0.15) is 20.7 Å². The molecule has 7 heteroatoms. The maximum Gasteiger partial charge on any atom is 0.339 e. The highest BCUT2D eigenvalue weighted by Gasteiger charge is 2.14. The summed E-state index contributed by atoms with van der Waals surface area (Å²) in [5, 5.41) is 21.4. The minimum Gasteiger partial charge on any atom is -0.507 e.